The normalized spacial score (nSPS) is 13.5. The Labute approximate surface area is 82.2 Å². The van der Waals surface area contributed by atoms with E-state index in [2.05, 4.69) is 39.6 Å². The molecule has 0 spiro atoms. The van der Waals surface area contributed by atoms with E-state index in [-0.39, 0.29) is 5.41 Å². The fourth-order valence-electron chi connectivity index (χ4n) is 0.667. The molecule has 13 heavy (non-hydrogen) atoms. The SMILES string of the molecule is C=C(/C=C/C)N/C=C(\C)C(C)(C)C. The van der Waals surface area contributed by atoms with E-state index in [1.165, 1.54) is 5.57 Å². The summed E-state index contributed by atoms with van der Waals surface area (Å²) in [6, 6.07) is 0. The van der Waals surface area contributed by atoms with Crippen LogP contribution in [-0.2, 0) is 0 Å². The zero-order valence-corrected chi connectivity index (χ0v) is 9.44. The molecular weight excluding hydrogens is 158 g/mol. The molecule has 0 aliphatic carbocycles. The minimum Gasteiger partial charge on any atom is -0.362 e. The Kier molecular flexibility index (Phi) is 4.53. The van der Waals surface area contributed by atoms with Gasteiger partial charge in [-0.25, -0.2) is 0 Å². The van der Waals surface area contributed by atoms with Gasteiger partial charge >= 0.3 is 0 Å². The van der Waals surface area contributed by atoms with Crippen LogP contribution < -0.4 is 5.32 Å². The van der Waals surface area contributed by atoms with Gasteiger partial charge in [0, 0.05) is 11.9 Å². The van der Waals surface area contributed by atoms with E-state index in [4.69, 9.17) is 0 Å². The van der Waals surface area contributed by atoms with Gasteiger partial charge < -0.3 is 5.32 Å². The molecule has 0 saturated heterocycles. The van der Waals surface area contributed by atoms with E-state index in [0.717, 1.165) is 5.70 Å². The Hall–Kier alpha value is -0.980. The van der Waals surface area contributed by atoms with E-state index >= 15 is 0 Å². The number of nitrogens with one attached hydrogen (secondary N) is 1. The van der Waals surface area contributed by atoms with Crippen molar-refractivity contribution in [2.24, 2.45) is 5.41 Å². The quantitative estimate of drug-likeness (QED) is 0.652. The van der Waals surface area contributed by atoms with Crippen LogP contribution >= 0.6 is 0 Å². The lowest BCUT2D eigenvalue weighted by atomic mass is 9.88. The lowest BCUT2D eigenvalue weighted by molar-refractivity contribution is 0.501. The van der Waals surface area contributed by atoms with Crippen molar-refractivity contribution in [3.8, 4) is 0 Å². The molecule has 0 radical (unpaired) electrons. The smallest absolute Gasteiger partial charge is 0.0303 e. The zero-order chi connectivity index (χ0) is 10.5. The molecule has 0 fully saturated rings. The number of allylic oxidation sites excluding steroid dienone is 3. The van der Waals surface area contributed by atoms with E-state index in [9.17, 15) is 0 Å². The van der Waals surface area contributed by atoms with Crippen LogP contribution in [0.25, 0.3) is 0 Å². The fourth-order valence-corrected chi connectivity index (χ4v) is 0.667. The molecule has 0 atom stereocenters. The number of rotatable bonds is 3. The topological polar surface area (TPSA) is 12.0 Å². The average molecular weight is 179 g/mol. The summed E-state index contributed by atoms with van der Waals surface area (Å²) >= 11 is 0. The number of hydrogen-bond acceptors (Lipinski definition) is 1. The van der Waals surface area contributed by atoms with Gasteiger partial charge in [-0.1, -0.05) is 39.0 Å². The van der Waals surface area contributed by atoms with Gasteiger partial charge in [-0.3, -0.25) is 0 Å². The van der Waals surface area contributed by atoms with Gasteiger partial charge in [-0.05, 0) is 25.3 Å². The highest BCUT2D eigenvalue weighted by Gasteiger charge is 2.11. The van der Waals surface area contributed by atoms with E-state index in [1.54, 1.807) is 0 Å². The summed E-state index contributed by atoms with van der Waals surface area (Å²) < 4.78 is 0. The molecule has 0 aliphatic heterocycles. The first-order chi connectivity index (χ1) is 5.88. The maximum Gasteiger partial charge on any atom is 0.0303 e. The molecule has 1 nitrogen and oxygen atoms in total. The van der Waals surface area contributed by atoms with E-state index in [1.807, 2.05) is 25.3 Å². The molecule has 0 aromatic rings. The van der Waals surface area contributed by atoms with Gasteiger partial charge in [0.15, 0.2) is 0 Å². The van der Waals surface area contributed by atoms with Gasteiger partial charge in [0.05, 0.1) is 0 Å². The summed E-state index contributed by atoms with van der Waals surface area (Å²) in [5, 5.41) is 3.15. The molecule has 0 amide bonds. The van der Waals surface area contributed by atoms with Crippen molar-refractivity contribution in [3.05, 3.63) is 36.2 Å². The predicted octanol–water partition coefficient (Wildman–Crippen LogP) is 3.62. The van der Waals surface area contributed by atoms with Crippen LogP contribution in [-0.4, -0.2) is 0 Å². The fraction of sp³-hybridized carbons (Fsp3) is 0.500. The van der Waals surface area contributed by atoms with Crippen LogP contribution in [0.1, 0.15) is 34.6 Å². The van der Waals surface area contributed by atoms with Crippen molar-refractivity contribution >= 4 is 0 Å². The summed E-state index contributed by atoms with van der Waals surface area (Å²) in [5.74, 6) is 0. The Morgan fingerprint density at radius 1 is 1.31 bits per heavy atom. The second-order valence-corrected chi connectivity index (χ2v) is 4.25. The van der Waals surface area contributed by atoms with E-state index in [0.29, 0.717) is 0 Å². The van der Waals surface area contributed by atoms with Crippen LogP contribution in [0.2, 0.25) is 0 Å². The lowest BCUT2D eigenvalue weighted by Crippen LogP contribution is -2.11. The van der Waals surface area contributed by atoms with Gasteiger partial charge in [-0.15, -0.1) is 0 Å². The third kappa shape index (κ3) is 5.29. The van der Waals surface area contributed by atoms with Gasteiger partial charge in [0.1, 0.15) is 0 Å². The predicted molar refractivity (Wildman–Crippen MR) is 60.3 cm³/mol. The van der Waals surface area contributed by atoms with Crippen molar-refractivity contribution < 1.29 is 0 Å². The lowest BCUT2D eigenvalue weighted by Gasteiger charge is -2.19. The summed E-state index contributed by atoms with van der Waals surface area (Å²) in [4.78, 5) is 0. The first-order valence-electron chi connectivity index (χ1n) is 4.63. The molecule has 0 aromatic carbocycles. The maximum absolute atomic E-state index is 3.86. The van der Waals surface area contributed by atoms with Crippen LogP contribution in [0.3, 0.4) is 0 Å². The van der Waals surface area contributed by atoms with Crippen molar-refractivity contribution in [2.75, 3.05) is 0 Å². The third-order valence-electron chi connectivity index (χ3n) is 2.02. The van der Waals surface area contributed by atoms with Crippen molar-refractivity contribution in [3.63, 3.8) is 0 Å². The highest BCUT2D eigenvalue weighted by molar-refractivity contribution is 5.17. The monoisotopic (exact) mass is 179 g/mol. The maximum atomic E-state index is 3.86. The van der Waals surface area contributed by atoms with E-state index < -0.39 is 0 Å². The Bertz CT molecular complexity index is 226. The van der Waals surface area contributed by atoms with Crippen LogP contribution in [0.4, 0.5) is 0 Å². The molecule has 0 aromatic heterocycles. The summed E-state index contributed by atoms with van der Waals surface area (Å²) in [6.45, 7) is 14.5. The highest BCUT2D eigenvalue weighted by Crippen LogP contribution is 2.23. The zero-order valence-electron chi connectivity index (χ0n) is 9.44. The molecule has 0 heterocycles. The Balaban J connectivity index is 4.20. The van der Waals surface area contributed by atoms with Gasteiger partial charge in [0.25, 0.3) is 0 Å². The van der Waals surface area contributed by atoms with Crippen LogP contribution in [0.15, 0.2) is 36.2 Å². The van der Waals surface area contributed by atoms with Crippen molar-refractivity contribution in [1.29, 1.82) is 0 Å². The minimum absolute atomic E-state index is 0.225. The van der Waals surface area contributed by atoms with Gasteiger partial charge in [-0.2, -0.15) is 0 Å². The highest BCUT2D eigenvalue weighted by atomic mass is 14.8. The molecule has 0 aliphatic rings. The van der Waals surface area contributed by atoms with Gasteiger partial charge in [0.2, 0.25) is 0 Å². The molecule has 74 valence electrons. The minimum atomic E-state index is 0.225. The molecule has 0 unspecified atom stereocenters. The molecular formula is C12H21N. The Morgan fingerprint density at radius 3 is 2.23 bits per heavy atom. The molecule has 0 bridgehead atoms. The summed E-state index contributed by atoms with van der Waals surface area (Å²) in [5.41, 5.74) is 2.47. The van der Waals surface area contributed by atoms with Crippen LogP contribution in [0.5, 0.6) is 0 Å². The second-order valence-electron chi connectivity index (χ2n) is 4.25. The standard InChI is InChI=1S/C12H21N/c1-7-8-11(3)13-9-10(2)12(4,5)6/h7-9,13H,3H2,1-2,4-6H3/b8-7+,10-9+. The number of hydrogen-bond donors (Lipinski definition) is 1. The molecule has 1 N–H and O–H groups in total. The molecule has 1 heteroatoms. The largest absolute Gasteiger partial charge is 0.362 e. The first-order valence-corrected chi connectivity index (χ1v) is 4.63. The Morgan fingerprint density at radius 2 is 1.85 bits per heavy atom. The summed E-state index contributed by atoms with van der Waals surface area (Å²) in [7, 11) is 0. The second kappa shape index (κ2) is 4.90. The third-order valence-corrected chi connectivity index (χ3v) is 2.02. The van der Waals surface area contributed by atoms with Crippen molar-refractivity contribution in [2.45, 2.75) is 34.6 Å². The molecule has 0 saturated carbocycles. The molecule has 0 rings (SSSR count). The summed E-state index contributed by atoms with van der Waals surface area (Å²) in [6.07, 6.45) is 5.93. The average Bonchev–Trinajstić information content (AvgIpc) is 1.99. The van der Waals surface area contributed by atoms with Crippen molar-refractivity contribution in [1.82, 2.24) is 5.32 Å². The van der Waals surface area contributed by atoms with Crippen LogP contribution in [0, 0.1) is 5.41 Å². The first kappa shape index (κ1) is 12.0.